The second-order valence-corrected chi connectivity index (χ2v) is 6.34. The molecule has 0 saturated carbocycles. The molecular weight excluding hydrogens is 376 g/mol. The molecule has 0 radical (unpaired) electrons. The fraction of sp³-hybridized carbons (Fsp3) is 0.200. The number of aromatic nitrogens is 2. The quantitative estimate of drug-likeness (QED) is 0.687. The molecule has 0 fully saturated rings. The first-order valence-electron chi connectivity index (χ1n) is 8.98. The standard InChI is InChI=1S/C20H18N4O5/c1-21-19(26)18-13-4-2-3-5-14(13)20(27)24(23-18)11-17(25)22-12-6-7-15-16(10-12)29-9-8-28-15/h2-7,10H,8-9,11H2,1H3,(H,21,26)(H,22,25). The summed E-state index contributed by atoms with van der Waals surface area (Å²) >= 11 is 0. The predicted octanol–water partition coefficient (Wildman–Crippen LogP) is 1.17. The first-order valence-corrected chi connectivity index (χ1v) is 8.98. The zero-order valence-corrected chi connectivity index (χ0v) is 15.6. The Labute approximate surface area is 165 Å². The van der Waals surface area contributed by atoms with Crippen molar-refractivity contribution in [2.45, 2.75) is 6.54 Å². The molecule has 0 bridgehead atoms. The van der Waals surface area contributed by atoms with Gasteiger partial charge < -0.3 is 20.1 Å². The molecule has 0 saturated heterocycles. The summed E-state index contributed by atoms with van der Waals surface area (Å²) in [6, 6.07) is 11.7. The number of hydrogen-bond donors (Lipinski definition) is 2. The van der Waals surface area contributed by atoms with Crippen LogP contribution in [0.15, 0.2) is 47.3 Å². The van der Waals surface area contributed by atoms with Crippen LogP contribution in [0.3, 0.4) is 0 Å². The average Bonchev–Trinajstić information content (AvgIpc) is 2.75. The van der Waals surface area contributed by atoms with Gasteiger partial charge >= 0.3 is 0 Å². The normalized spacial score (nSPS) is 12.4. The lowest BCUT2D eigenvalue weighted by Gasteiger charge is -2.19. The Hall–Kier alpha value is -3.88. The summed E-state index contributed by atoms with van der Waals surface area (Å²) in [5.41, 5.74) is 0.125. The lowest BCUT2D eigenvalue weighted by atomic mass is 10.1. The van der Waals surface area contributed by atoms with Crippen LogP contribution in [0.4, 0.5) is 5.69 Å². The number of anilines is 1. The fourth-order valence-electron chi connectivity index (χ4n) is 3.09. The minimum atomic E-state index is -0.464. The Balaban J connectivity index is 1.62. The van der Waals surface area contributed by atoms with Crippen molar-refractivity contribution in [3.8, 4) is 11.5 Å². The van der Waals surface area contributed by atoms with Crippen LogP contribution < -0.4 is 25.7 Å². The molecule has 2 amide bonds. The molecule has 1 aromatic heterocycles. The smallest absolute Gasteiger partial charge is 0.275 e. The van der Waals surface area contributed by atoms with Crippen LogP contribution in [0.1, 0.15) is 10.5 Å². The summed E-state index contributed by atoms with van der Waals surface area (Å²) in [4.78, 5) is 37.4. The first kappa shape index (κ1) is 18.5. The van der Waals surface area contributed by atoms with Crippen LogP contribution >= 0.6 is 0 Å². The highest BCUT2D eigenvalue weighted by molar-refractivity contribution is 6.04. The third-order valence-corrected chi connectivity index (χ3v) is 4.43. The van der Waals surface area contributed by atoms with Crippen LogP contribution in [0, 0.1) is 0 Å². The second-order valence-electron chi connectivity index (χ2n) is 6.34. The number of hydrogen-bond acceptors (Lipinski definition) is 6. The van der Waals surface area contributed by atoms with E-state index in [-0.39, 0.29) is 12.2 Å². The van der Waals surface area contributed by atoms with Crippen molar-refractivity contribution in [2.24, 2.45) is 0 Å². The lowest BCUT2D eigenvalue weighted by Crippen LogP contribution is -2.33. The summed E-state index contributed by atoms with van der Waals surface area (Å²) in [5.74, 6) is 0.241. The van der Waals surface area contributed by atoms with Crippen molar-refractivity contribution in [2.75, 3.05) is 25.6 Å². The molecule has 9 nitrogen and oxygen atoms in total. The van der Waals surface area contributed by atoms with Gasteiger partial charge in [0.05, 0.1) is 5.39 Å². The third-order valence-electron chi connectivity index (χ3n) is 4.43. The maximum Gasteiger partial charge on any atom is 0.275 e. The van der Waals surface area contributed by atoms with Crippen molar-refractivity contribution in [3.05, 3.63) is 58.5 Å². The molecule has 9 heteroatoms. The van der Waals surface area contributed by atoms with E-state index in [1.807, 2.05) is 0 Å². The summed E-state index contributed by atoms with van der Waals surface area (Å²) in [7, 11) is 1.48. The molecular formula is C20H18N4O5. The number of amides is 2. The van der Waals surface area contributed by atoms with Gasteiger partial charge in [0.1, 0.15) is 19.8 Å². The molecule has 2 heterocycles. The zero-order valence-electron chi connectivity index (χ0n) is 15.6. The van der Waals surface area contributed by atoms with Gasteiger partial charge in [-0.2, -0.15) is 5.10 Å². The minimum absolute atomic E-state index is 0.0785. The molecule has 0 atom stereocenters. The van der Waals surface area contributed by atoms with Crippen LogP contribution in [-0.4, -0.2) is 41.9 Å². The van der Waals surface area contributed by atoms with Crippen molar-refractivity contribution >= 4 is 28.3 Å². The third kappa shape index (κ3) is 3.62. The maximum atomic E-state index is 12.7. The van der Waals surface area contributed by atoms with Crippen LogP contribution in [0.2, 0.25) is 0 Å². The lowest BCUT2D eigenvalue weighted by molar-refractivity contribution is -0.117. The Kier molecular flexibility index (Phi) is 4.86. The van der Waals surface area contributed by atoms with Crippen molar-refractivity contribution in [1.29, 1.82) is 0 Å². The van der Waals surface area contributed by atoms with Gasteiger partial charge in [-0.15, -0.1) is 0 Å². The van der Waals surface area contributed by atoms with E-state index in [0.29, 0.717) is 41.2 Å². The molecule has 2 N–H and O–H groups in total. The van der Waals surface area contributed by atoms with E-state index in [9.17, 15) is 14.4 Å². The van der Waals surface area contributed by atoms with Crippen LogP contribution in [-0.2, 0) is 11.3 Å². The van der Waals surface area contributed by atoms with Gasteiger partial charge in [-0.05, 0) is 18.2 Å². The number of carbonyl (C=O) groups is 2. The molecule has 0 aliphatic carbocycles. The van der Waals surface area contributed by atoms with Gasteiger partial charge in [0, 0.05) is 24.2 Å². The van der Waals surface area contributed by atoms with E-state index >= 15 is 0 Å². The monoisotopic (exact) mass is 394 g/mol. The summed E-state index contributed by atoms with van der Waals surface area (Å²) in [6.45, 7) is 0.564. The summed E-state index contributed by atoms with van der Waals surface area (Å²) in [6.07, 6.45) is 0. The van der Waals surface area contributed by atoms with Gasteiger partial charge in [0.15, 0.2) is 17.2 Å². The molecule has 0 spiro atoms. The Morgan fingerprint density at radius 2 is 1.79 bits per heavy atom. The number of carbonyl (C=O) groups excluding carboxylic acids is 2. The van der Waals surface area contributed by atoms with Crippen LogP contribution in [0.25, 0.3) is 10.8 Å². The summed E-state index contributed by atoms with van der Waals surface area (Å²) < 4.78 is 11.9. The molecule has 148 valence electrons. The van der Waals surface area contributed by atoms with Crippen LogP contribution in [0.5, 0.6) is 11.5 Å². The van der Waals surface area contributed by atoms with E-state index < -0.39 is 17.4 Å². The van der Waals surface area contributed by atoms with Crippen molar-refractivity contribution in [3.63, 3.8) is 0 Å². The highest BCUT2D eigenvalue weighted by Gasteiger charge is 2.18. The number of nitrogens with zero attached hydrogens (tertiary/aromatic N) is 2. The number of benzene rings is 2. The molecule has 0 unspecified atom stereocenters. The second kappa shape index (κ2) is 7.63. The van der Waals surface area contributed by atoms with Crippen molar-refractivity contribution < 1.29 is 19.1 Å². The number of nitrogens with one attached hydrogen (secondary N) is 2. The number of ether oxygens (including phenoxy) is 2. The fourth-order valence-corrected chi connectivity index (χ4v) is 3.09. The van der Waals surface area contributed by atoms with E-state index in [4.69, 9.17) is 9.47 Å². The van der Waals surface area contributed by atoms with E-state index in [0.717, 1.165) is 4.68 Å². The average molecular weight is 394 g/mol. The molecule has 3 aromatic rings. The maximum absolute atomic E-state index is 12.7. The van der Waals surface area contributed by atoms with E-state index in [1.165, 1.54) is 7.05 Å². The number of rotatable bonds is 4. The van der Waals surface area contributed by atoms with Gasteiger partial charge in [-0.25, -0.2) is 4.68 Å². The highest BCUT2D eigenvalue weighted by Crippen LogP contribution is 2.32. The molecule has 2 aromatic carbocycles. The SMILES string of the molecule is CNC(=O)c1nn(CC(=O)Nc2ccc3c(c2)OCCO3)c(=O)c2ccccc12. The molecule has 1 aliphatic heterocycles. The predicted molar refractivity (Wildman–Crippen MR) is 105 cm³/mol. The van der Waals surface area contributed by atoms with Gasteiger partial charge in [0.2, 0.25) is 5.91 Å². The first-order chi connectivity index (χ1) is 14.1. The van der Waals surface area contributed by atoms with E-state index in [2.05, 4.69) is 15.7 Å². The molecule has 4 rings (SSSR count). The van der Waals surface area contributed by atoms with Gasteiger partial charge in [-0.1, -0.05) is 18.2 Å². The van der Waals surface area contributed by atoms with Crippen molar-refractivity contribution in [1.82, 2.24) is 15.1 Å². The van der Waals surface area contributed by atoms with E-state index in [1.54, 1.807) is 42.5 Å². The Morgan fingerprint density at radius 3 is 2.55 bits per heavy atom. The molecule has 1 aliphatic rings. The molecule has 29 heavy (non-hydrogen) atoms. The largest absolute Gasteiger partial charge is 0.486 e. The number of fused-ring (bicyclic) bond motifs is 2. The summed E-state index contributed by atoms with van der Waals surface area (Å²) in [5, 5.41) is 10.1. The van der Waals surface area contributed by atoms with Gasteiger partial charge in [-0.3, -0.25) is 14.4 Å². The Bertz CT molecular complexity index is 1170. The topological polar surface area (TPSA) is 112 Å². The minimum Gasteiger partial charge on any atom is -0.486 e. The Morgan fingerprint density at radius 1 is 1.07 bits per heavy atom. The highest BCUT2D eigenvalue weighted by atomic mass is 16.6. The zero-order chi connectivity index (χ0) is 20.4. The van der Waals surface area contributed by atoms with Gasteiger partial charge in [0.25, 0.3) is 11.5 Å².